The van der Waals surface area contributed by atoms with Gasteiger partial charge in [0.05, 0.1) is 14.2 Å². The molecule has 1 aliphatic rings. The van der Waals surface area contributed by atoms with Crippen LogP contribution in [0.15, 0.2) is 67.0 Å². The third kappa shape index (κ3) is 8.17. The summed E-state index contributed by atoms with van der Waals surface area (Å²) in [5, 5.41) is 26.0. The molecule has 10 nitrogen and oxygen atoms in total. The smallest absolute Gasteiger partial charge is 0.346 e. The number of methoxy groups -OCH3 is 2. The van der Waals surface area contributed by atoms with E-state index in [2.05, 4.69) is 10.2 Å². The SMILES string of the molecule is COc1ccc([C@H](Cc2c(Cl)c[n+]([O-])cc2Cl)c2cc(CNC(C(=O)O[C@H]3CCN(C)C3)c3ccccc3)sc2C(=O)O)cc1OC. The van der Waals surface area contributed by atoms with Gasteiger partial charge in [0, 0.05) is 36.0 Å². The summed E-state index contributed by atoms with van der Waals surface area (Å²) in [5.41, 5.74) is 2.48. The van der Waals surface area contributed by atoms with Crippen LogP contribution in [0.4, 0.5) is 0 Å². The molecule has 3 atom stereocenters. The number of carboxylic acid groups (broad SMARTS) is 1. The lowest BCUT2D eigenvalue weighted by Crippen LogP contribution is -2.33. The lowest BCUT2D eigenvalue weighted by Gasteiger charge is -2.21. The van der Waals surface area contributed by atoms with Crippen molar-refractivity contribution in [3.05, 3.63) is 114 Å². The zero-order valence-electron chi connectivity index (χ0n) is 26.1. The topological polar surface area (TPSA) is 124 Å². The minimum Gasteiger partial charge on any atom is -0.619 e. The highest BCUT2D eigenvalue weighted by Crippen LogP contribution is 2.41. The maximum absolute atomic E-state index is 13.4. The van der Waals surface area contributed by atoms with E-state index in [1.165, 1.54) is 26.6 Å². The number of pyridine rings is 1. The van der Waals surface area contributed by atoms with Crippen LogP contribution in [-0.4, -0.2) is 62.4 Å². The van der Waals surface area contributed by atoms with E-state index in [1.807, 2.05) is 49.5 Å². The van der Waals surface area contributed by atoms with Gasteiger partial charge in [0.1, 0.15) is 27.1 Å². The number of nitrogens with one attached hydrogen (secondary N) is 1. The van der Waals surface area contributed by atoms with Crippen LogP contribution in [0, 0.1) is 5.21 Å². The number of rotatable bonds is 13. The number of likely N-dealkylation sites (N-methyl/N-ethyl adjacent to an activating group) is 1. The van der Waals surface area contributed by atoms with Gasteiger partial charge in [-0.1, -0.05) is 59.6 Å². The molecule has 2 aromatic carbocycles. The molecule has 13 heteroatoms. The number of hydrogen-bond acceptors (Lipinski definition) is 9. The van der Waals surface area contributed by atoms with E-state index in [0.717, 1.165) is 35.4 Å². The third-order valence-electron chi connectivity index (χ3n) is 8.14. The van der Waals surface area contributed by atoms with Crippen molar-refractivity contribution in [2.24, 2.45) is 0 Å². The average molecular weight is 701 g/mol. The van der Waals surface area contributed by atoms with Crippen molar-refractivity contribution in [2.75, 3.05) is 34.4 Å². The number of carbonyl (C=O) groups excluding carboxylic acids is 1. The molecule has 0 saturated carbocycles. The molecule has 248 valence electrons. The van der Waals surface area contributed by atoms with E-state index in [-0.39, 0.29) is 40.0 Å². The summed E-state index contributed by atoms with van der Waals surface area (Å²) in [7, 11) is 5.04. The van der Waals surface area contributed by atoms with Crippen molar-refractivity contribution in [3.8, 4) is 11.5 Å². The Morgan fingerprint density at radius 1 is 1.06 bits per heavy atom. The molecule has 0 spiro atoms. The first-order valence-electron chi connectivity index (χ1n) is 14.9. The maximum atomic E-state index is 13.4. The first kappa shape index (κ1) is 34.5. The molecule has 1 fully saturated rings. The third-order valence-corrected chi connectivity index (χ3v) is 9.93. The summed E-state index contributed by atoms with van der Waals surface area (Å²) in [6.07, 6.45) is 3.18. The highest BCUT2D eigenvalue weighted by atomic mass is 35.5. The Hall–Kier alpha value is -3.87. The quantitative estimate of drug-likeness (QED) is 0.100. The Morgan fingerprint density at radius 2 is 1.77 bits per heavy atom. The standard InChI is InChI=1S/C34H35Cl2N3O7S/c1-38-12-11-22(17-38)46-34(42)31(20-7-5-4-6-8-20)37-16-23-14-25(32(47-23)33(40)41)24(15-26-27(35)18-39(43)19-28(26)36)21-9-10-29(44-2)30(13-21)45-3/h4-10,13-14,18-19,22,24,31,37H,11-12,15-17H2,1-3H3,(H,40,41)/t22-,24-,31?/m0/s1. The van der Waals surface area contributed by atoms with Gasteiger partial charge in [0.15, 0.2) is 23.9 Å². The molecule has 0 radical (unpaired) electrons. The number of aromatic nitrogens is 1. The number of benzene rings is 2. The van der Waals surface area contributed by atoms with Crippen molar-refractivity contribution in [2.45, 2.75) is 37.5 Å². The van der Waals surface area contributed by atoms with Gasteiger partial charge in [-0.2, -0.15) is 4.73 Å². The molecule has 0 aliphatic carbocycles. The van der Waals surface area contributed by atoms with Crippen molar-refractivity contribution < 1.29 is 33.6 Å². The Labute approximate surface area is 287 Å². The first-order chi connectivity index (χ1) is 22.6. The van der Waals surface area contributed by atoms with E-state index in [1.54, 1.807) is 12.1 Å². The van der Waals surface area contributed by atoms with Gasteiger partial charge >= 0.3 is 11.9 Å². The molecule has 2 N–H and O–H groups in total. The normalized spacial score (nSPS) is 16.1. The summed E-state index contributed by atoms with van der Waals surface area (Å²) in [6, 6.07) is 15.7. The maximum Gasteiger partial charge on any atom is 0.346 e. The predicted octanol–water partition coefficient (Wildman–Crippen LogP) is 5.86. The number of nitrogens with zero attached hydrogens (tertiary/aromatic N) is 2. The second-order valence-corrected chi connectivity index (χ2v) is 13.3. The molecule has 4 aromatic rings. The van der Waals surface area contributed by atoms with Crippen LogP contribution in [0.2, 0.25) is 10.0 Å². The number of thiophene rings is 1. The number of carboxylic acids is 1. The second-order valence-electron chi connectivity index (χ2n) is 11.3. The Kier molecular flexibility index (Phi) is 11.3. The molecule has 1 saturated heterocycles. The van der Waals surface area contributed by atoms with E-state index in [4.69, 9.17) is 37.4 Å². The molecular formula is C34H35Cl2N3O7S. The van der Waals surface area contributed by atoms with E-state index < -0.39 is 17.9 Å². The number of halogens is 2. The van der Waals surface area contributed by atoms with Gasteiger partial charge in [-0.25, -0.2) is 9.59 Å². The van der Waals surface area contributed by atoms with Crippen LogP contribution in [0.1, 0.15) is 55.2 Å². The zero-order chi connectivity index (χ0) is 33.7. The molecule has 5 rings (SSSR count). The van der Waals surface area contributed by atoms with Crippen LogP contribution in [0.3, 0.4) is 0 Å². The number of likely N-dealkylation sites (tertiary alicyclic amines) is 1. The van der Waals surface area contributed by atoms with E-state index in [9.17, 15) is 19.9 Å². The van der Waals surface area contributed by atoms with Crippen LogP contribution in [-0.2, 0) is 22.5 Å². The highest BCUT2D eigenvalue weighted by molar-refractivity contribution is 7.14. The van der Waals surface area contributed by atoms with Crippen LogP contribution < -0.4 is 19.5 Å². The summed E-state index contributed by atoms with van der Waals surface area (Å²) >= 11 is 14.1. The van der Waals surface area contributed by atoms with Gasteiger partial charge in [0.25, 0.3) is 0 Å². The number of esters is 1. The van der Waals surface area contributed by atoms with Crippen LogP contribution in [0.5, 0.6) is 11.5 Å². The molecule has 0 amide bonds. The van der Waals surface area contributed by atoms with Gasteiger partial charge in [-0.05, 0) is 54.8 Å². The molecular weight excluding hydrogens is 665 g/mol. The zero-order valence-corrected chi connectivity index (χ0v) is 28.4. The van der Waals surface area contributed by atoms with Crippen molar-refractivity contribution in [1.82, 2.24) is 10.2 Å². The summed E-state index contributed by atoms with van der Waals surface area (Å²) in [4.78, 5) is 29.1. The largest absolute Gasteiger partial charge is 0.619 e. The fourth-order valence-electron chi connectivity index (χ4n) is 5.79. The van der Waals surface area contributed by atoms with Crippen molar-refractivity contribution >= 4 is 46.5 Å². The van der Waals surface area contributed by atoms with Gasteiger partial charge in [-0.3, -0.25) is 5.32 Å². The van der Waals surface area contributed by atoms with Crippen LogP contribution in [0.25, 0.3) is 0 Å². The van der Waals surface area contributed by atoms with Gasteiger partial charge in [-0.15, -0.1) is 11.3 Å². The number of carbonyl (C=O) groups is 2. The number of hydrogen-bond donors (Lipinski definition) is 2. The number of aromatic carboxylic acids is 1. The molecule has 0 bridgehead atoms. The minimum absolute atomic E-state index is 0.122. The fraction of sp³-hybridized carbons (Fsp3) is 0.324. The monoisotopic (exact) mass is 699 g/mol. The lowest BCUT2D eigenvalue weighted by atomic mass is 9.85. The van der Waals surface area contributed by atoms with E-state index >= 15 is 0 Å². The Morgan fingerprint density at radius 3 is 2.38 bits per heavy atom. The molecule has 2 aromatic heterocycles. The number of ether oxygens (including phenoxy) is 3. The summed E-state index contributed by atoms with van der Waals surface area (Å²) < 4.78 is 17.4. The molecule has 1 unspecified atom stereocenters. The van der Waals surface area contributed by atoms with Gasteiger partial charge < -0.3 is 29.4 Å². The predicted molar refractivity (Wildman–Crippen MR) is 180 cm³/mol. The van der Waals surface area contributed by atoms with E-state index in [0.29, 0.717) is 38.8 Å². The summed E-state index contributed by atoms with van der Waals surface area (Å²) in [6.45, 7) is 1.73. The highest BCUT2D eigenvalue weighted by Gasteiger charge is 2.31. The first-order valence-corrected chi connectivity index (χ1v) is 16.5. The molecule has 1 aliphatic heterocycles. The molecule has 47 heavy (non-hydrogen) atoms. The molecule has 3 heterocycles. The second kappa shape index (κ2) is 15.4. The summed E-state index contributed by atoms with van der Waals surface area (Å²) in [5.74, 6) is -1.08. The van der Waals surface area contributed by atoms with Crippen molar-refractivity contribution in [1.29, 1.82) is 0 Å². The van der Waals surface area contributed by atoms with Crippen LogP contribution >= 0.6 is 34.5 Å². The minimum atomic E-state index is -1.10. The lowest BCUT2D eigenvalue weighted by molar-refractivity contribution is -0.605. The Bertz CT molecular complexity index is 1710. The fourth-order valence-corrected chi connectivity index (χ4v) is 7.40. The average Bonchev–Trinajstić information content (AvgIpc) is 3.66. The Balaban J connectivity index is 1.50. The van der Waals surface area contributed by atoms with Gasteiger partial charge in [0.2, 0.25) is 0 Å². The van der Waals surface area contributed by atoms with Crippen molar-refractivity contribution in [3.63, 3.8) is 0 Å².